The molecule has 0 heterocycles. The van der Waals surface area contributed by atoms with Crippen LogP contribution in [0.25, 0.3) is 0 Å². The van der Waals surface area contributed by atoms with E-state index in [-0.39, 0.29) is 39.0 Å². The maximum absolute atomic E-state index is 7.17. The van der Waals surface area contributed by atoms with Crippen LogP contribution in [-0.4, -0.2) is 44.8 Å². The molecule has 52 valence electrons. The van der Waals surface area contributed by atoms with Gasteiger partial charge in [-0.15, -0.1) is 0 Å². The Bertz CT molecular complexity index is 29.2. The largest absolute Gasteiger partial charge is 0.631 e. The molecular formula is H6B2O6Zn2. The SMILES string of the molecule is OB(O)O.OB(O)O.[Zn].[Zn]. The Balaban J connectivity index is -0.0000000300. The van der Waals surface area contributed by atoms with Crippen molar-refractivity contribution in [2.45, 2.75) is 0 Å². The van der Waals surface area contributed by atoms with E-state index in [1.54, 1.807) is 0 Å². The van der Waals surface area contributed by atoms with Crippen molar-refractivity contribution in [1.29, 1.82) is 0 Å². The third-order valence-electron chi connectivity index (χ3n) is 0. The normalized spacial score (nSPS) is 5.40. The van der Waals surface area contributed by atoms with Crippen LogP contribution in [0, 0.1) is 0 Å². The Morgan fingerprint density at radius 1 is 0.500 bits per heavy atom. The Labute approximate surface area is 83.8 Å². The van der Waals surface area contributed by atoms with Gasteiger partial charge in [0.05, 0.1) is 0 Å². The Morgan fingerprint density at radius 2 is 0.500 bits per heavy atom. The van der Waals surface area contributed by atoms with Crippen LogP contribution >= 0.6 is 0 Å². The Hall–Kier alpha value is 1.14. The van der Waals surface area contributed by atoms with E-state index >= 15 is 0 Å². The third kappa shape index (κ3) is 468. The fraction of sp³-hybridized carbons (Fsp3) is 0. The van der Waals surface area contributed by atoms with Gasteiger partial charge < -0.3 is 30.1 Å². The Morgan fingerprint density at radius 3 is 0.500 bits per heavy atom. The van der Waals surface area contributed by atoms with Gasteiger partial charge in [0.15, 0.2) is 0 Å². The van der Waals surface area contributed by atoms with Crippen LogP contribution in [0.4, 0.5) is 0 Å². The molecule has 10 heavy (non-hydrogen) atoms. The minimum Gasteiger partial charge on any atom is -0.402 e. The van der Waals surface area contributed by atoms with Crippen molar-refractivity contribution in [3.05, 3.63) is 0 Å². The zero-order valence-electron chi connectivity index (χ0n) is 5.25. The maximum Gasteiger partial charge on any atom is 0.631 e. The van der Waals surface area contributed by atoms with E-state index in [4.69, 9.17) is 30.1 Å². The van der Waals surface area contributed by atoms with Crippen LogP contribution < -0.4 is 0 Å². The van der Waals surface area contributed by atoms with E-state index < -0.39 is 14.6 Å². The molecule has 0 aromatic heterocycles. The molecule has 0 spiro atoms. The minimum absolute atomic E-state index is 0. The smallest absolute Gasteiger partial charge is 0.402 e. The van der Waals surface area contributed by atoms with Crippen molar-refractivity contribution in [2.75, 3.05) is 0 Å². The molecule has 6 nitrogen and oxygen atoms in total. The van der Waals surface area contributed by atoms with Crippen molar-refractivity contribution in [3.63, 3.8) is 0 Å². The van der Waals surface area contributed by atoms with Crippen LogP contribution in [0.15, 0.2) is 0 Å². The van der Waals surface area contributed by atoms with E-state index in [9.17, 15) is 0 Å². The molecule has 0 saturated heterocycles. The molecule has 0 aliphatic rings. The molecule has 0 fully saturated rings. The van der Waals surface area contributed by atoms with E-state index in [1.807, 2.05) is 0 Å². The van der Waals surface area contributed by atoms with Gasteiger partial charge in [-0.05, 0) is 0 Å². The van der Waals surface area contributed by atoms with Crippen LogP contribution in [0.1, 0.15) is 0 Å². The summed E-state index contributed by atoms with van der Waals surface area (Å²) >= 11 is 0. The minimum atomic E-state index is -2.17. The molecule has 0 aromatic carbocycles. The molecule has 0 aliphatic carbocycles. The molecule has 0 atom stereocenters. The van der Waals surface area contributed by atoms with Crippen LogP contribution in [0.5, 0.6) is 0 Å². The molecule has 0 amide bonds. The molecule has 0 saturated carbocycles. The summed E-state index contributed by atoms with van der Waals surface area (Å²) in [4.78, 5) is 0. The summed E-state index contributed by atoms with van der Waals surface area (Å²) in [6, 6.07) is 0. The van der Waals surface area contributed by atoms with Crippen molar-refractivity contribution in [3.8, 4) is 0 Å². The van der Waals surface area contributed by atoms with Gasteiger partial charge in [-0.25, -0.2) is 0 Å². The van der Waals surface area contributed by atoms with Crippen molar-refractivity contribution < 1.29 is 69.1 Å². The zero-order chi connectivity index (χ0) is 7.15. The second kappa shape index (κ2) is 16.6. The van der Waals surface area contributed by atoms with Crippen LogP contribution in [0.3, 0.4) is 0 Å². The van der Waals surface area contributed by atoms with Crippen molar-refractivity contribution in [1.82, 2.24) is 0 Å². The van der Waals surface area contributed by atoms with Crippen molar-refractivity contribution in [2.24, 2.45) is 0 Å². The van der Waals surface area contributed by atoms with Gasteiger partial charge in [0, 0.05) is 39.0 Å². The first-order chi connectivity index (χ1) is 3.46. The topological polar surface area (TPSA) is 121 Å². The van der Waals surface area contributed by atoms with Crippen LogP contribution in [-0.2, 0) is 39.0 Å². The molecular weight excluding hydrogens is 248 g/mol. The first-order valence-corrected chi connectivity index (χ1v) is 1.55. The summed E-state index contributed by atoms with van der Waals surface area (Å²) in [5.74, 6) is 0. The molecule has 0 radical (unpaired) electrons. The van der Waals surface area contributed by atoms with Gasteiger partial charge in [0.1, 0.15) is 0 Å². The van der Waals surface area contributed by atoms with Gasteiger partial charge in [-0.3, -0.25) is 0 Å². The van der Waals surface area contributed by atoms with E-state index in [2.05, 4.69) is 0 Å². The van der Waals surface area contributed by atoms with Gasteiger partial charge in [-0.1, -0.05) is 0 Å². The van der Waals surface area contributed by atoms with Gasteiger partial charge in [-0.2, -0.15) is 0 Å². The van der Waals surface area contributed by atoms with Gasteiger partial charge >= 0.3 is 14.6 Å². The summed E-state index contributed by atoms with van der Waals surface area (Å²) in [5.41, 5.74) is 0. The number of rotatable bonds is 0. The standard InChI is InChI=1S/2BH3O3.2Zn/c2*2-1(3)4;;/h2*2-4H;;. The van der Waals surface area contributed by atoms with E-state index in [0.29, 0.717) is 0 Å². The molecule has 0 aromatic rings. The third-order valence-corrected chi connectivity index (χ3v) is 0. The summed E-state index contributed by atoms with van der Waals surface area (Å²) < 4.78 is 0. The predicted molar refractivity (Wildman–Crippen MR) is 24.8 cm³/mol. The van der Waals surface area contributed by atoms with Crippen molar-refractivity contribution >= 4 is 14.6 Å². The van der Waals surface area contributed by atoms with Gasteiger partial charge in [0.2, 0.25) is 0 Å². The predicted octanol–water partition coefficient (Wildman–Crippen LogP) is -4.11. The van der Waals surface area contributed by atoms with E-state index in [0.717, 1.165) is 0 Å². The summed E-state index contributed by atoms with van der Waals surface area (Å²) in [6.07, 6.45) is 0. The van der Waals surface area contributed by atoms with E-state index in [1.165, 1.54) is 0 Å². The Kier molecular flexibility index (Phi) is 37.3. The molecule has 0 aliphatic heterocycles. The average Bonchev–Trinajstić information content (AvgIpc) is 1.25. The van der Waals surface area contributed by atoms with Gasteiger partial charge in [0.25, 0.3) is 0 Å². The second-order valence-corrected chi connectivity index (χ2v) is 0.693. The first kappa shape index (κ1) is 22.5. The molecule has 6 N–H and O–H groups in total. The average molecular weight is 254 g/mol. The monoisotopic (exact) mass is 252 g/mol. The molecule has 0 bridgehead atoms. The van der Waals surface area contributed by atoms with Crippen LogP contribution in [0.2, 0.25) is 0 Å². The molecule has 10 heteroatoms. The maximum atomic E-state index is 7.17. The number of hydrogen-bond donors (Lipinski definition) is 6. The summed E-state index contributed by atoms with van der Waals surface area (Å²) in [7, 11) is -4.33. The summed E-state index contributed by atoms with van der Waals surface area (Å²) in [5, 5.41) is 43.0. The first-order valence-electron chi connectivity index (χ1n) is 1.55. The zero-order valence-corrected chi connectivity index (χ0v) is 11.2. The number of hydrogen-bond acceptors (Lipinski definition) is 6. The second-order valence-electron chi connectivity index (χ2n) is 0.693. The summed E-state index contributed by atoms with van der Waals surface area (Å²) in [6.45, 7) is 0. The fourth-order valence-electron chi connectivity index (χ4n) is 0. The molecule has 0 unspecified atom stereocenters. The molecule has 0 rings (SSSR count). The quantitative estimate of drug-likeness (QED) is 0.244. The fourth-order valence-corrected chi connectivity index (χ4v) is 0.